The molecule has 1 rings (SSSR count). The highest BCUT2D eigenvalue weighted by atomic mass is 32.2. The van der Waals surface area contributed by atoms with E-state index in [0.29, 0.717) is 5.56 Å². The van der Waals surface area contributed by atoms with Crippen LogP contribution in [-0.2, 0) is 10.0 Å². The third-order valence-electron chi connectivity index (χ3n) is 3.66. The van der Waals surface area contributed by atoms with E-state index in [1.54, 1.807) is 0 Å². The quantitative estimate of drug-likeness (QED) is 0.757. The third-order valence-corrected chi connectivity index (χ3v) is 5.26. The van der Waals surface area contributed by atoms with Gasteiger partial charge in [0.25, 0.3) is 0 Å². The van der Waals surface area contributed by atoms with E-state index in [2.05, 4.69) is 23.5 Å². The maximum Gasteiger partial charge on any atom is 0.240 e. The summed E-state index contributed by atoms with van der Waals surface area (Å²) in [5.41, 5.74) is 0.450. The number of nitrogens with one attached hydrogen (secondary N) is 1. The summed E-state index contributed by atoms with van der Waals surface area (Å²) < 4.78 is 27.2. The van der Waals surface area contributed by atoms with Gasteiger partial charge in [0.1, 0.15) is 0 Å². The van der Waals surface area contributed by atoms with Crippen LogP contribution in [0.15, 0.2) is 29.2 Å². The van der Waals surface area contributed by atoms with E-state index in [4.69, 9.17) is 5.26 Å². The Morgan fingerprint density at radius 3 is 2.32 bits per heavy atom. The van der Waals surface area contributed by atoms with Crippen molar-refractivity contribution < 1.29 is 8.42 Å². The Labute approximate surface area is 134 Å². The number of rotatable bonds is 9. The van der Waals surface area contributed by atoms with Crippen molar-refractivity contribution in [2.45, 2.75) is 44.6 Å². The number of sulfonamides is 1. The second kappa shape index (κ2) is 8.89. The molecular weight excluding hydrogens is 298 g/mol. The van der Waals surface area contributed by atoms with Gasteiger partial charge in [-0.15, -0.1) is 0 Å². The first kappa shape index (κ1) is 18.6. The van der Waals surface area contributed by atoms with Crippen LogP contribution in [0.3, 0.4) is 0 Å². The summed E-state index contributed by atoms with van der Waals surface area (Å²) in [4.78, 5) is 2.52. The number of nitriles is 1. The zero-order valence-electron chi connectivity index (χ0n) is 13.5. The van der Waals surface area contributed by atoms with Crippen molar-refractivity contribution in [2.24, 2.45) is 0 Å². The summed E-state index contributed by atoms with van der Waals surface area (Å²) in [6.07, 6.45) is 1.75. The molecule has 0 aliphatic carbocycles. The van der Waals surface area contributed by atoms with Gasteiger partial charge in [0.15, 0.2) is 0 Å². The fraction of sp³-hybridized carbons (Fsp3) is 0.562. The lowest BCUT2D eigenvalue weighted by Gasteiger charge is -2.19. The molecule has 0 aromatic heterocycles. The van der Waals surface area contributed by atoms with E-state index >= 15 is 0 Å². The first-order valence-corrected chi connectivity index (χ1v) is 9.16. The van der Waals surface area contributed by atoms with E-state index in [1.807, 2.05) is 13.0 Å². The lowest BCUT2D eigenvalue weighted by atomic mass is 10.2. The maximum atomic E-state index is 12.2. The minimum absolute atomic E-state index is 0.115. The van der Waals surface area contributed by atoms with Crippen molar-refractivity contribution in [1.29, 1.82) is 5.26 Å². The highest BCUT2D eigenvalue weighted by Gasteiger charge is 2.17. The third kappa shape index (κ3) is 5.76. The van der Waals surface area contributed by atoms with Gasteiger partial charge in [0.05, 0.1) is 16.5 Å². The molecule has 0 saturated heterocycles. The highest BCUT2D eigenvalue weighted by Crippen LogP contribution is 2.11. The van der Waals surface area contributed by atoms with Gasteiger partial charge in [-0.3, -0.25) is 0 Å². The van der Waals surface area contributed by atoms with Crippen LogP contribution < -0.4 is 4.72 Å². The van der Waals surface area contributed by atoms with Gasteiger partial charge in [-0.25, -0.2) is 13.1 Å². The van der Waals surface area contributed by atoms with Gasteiger partial charge in [-0.2, -0.15) is 5.26 Å². The molecule has 6 heteroatoms. The second-order valence-corrected chi connectivity index (χ2v) is 7.04. The average molecular weight is 323 g/mol. The van der Waals surface area contributed by atoms with E-state index in [9.17, 15) is 8.42 Å². The molecule has 0 radical (unpaired) electrons. The lowest BCUT2D eigenvalue weighted by molar-refractivity contribution is 0.293. The second-order valence-electron chi connectivity index (χ2n) is 5.33. The minimum Gasteiger partial charge on any atom is -0.304 e. The van der Waals surface area contributed by atoms with Crippen molar-refractivity contribution in [3.8, 4) is 6.07 Å². The molecule has 122 valence electrons. The number of hydrogen-bond donors (Lipinski definition) is 1. The van der Waals surface area contributed by atoms with E-state index in [1.165, 1.54) is 24.3 Å². The number of hydrogen-bond acceptors (Lipinski definition) is 4. The predicted octanol–water partition coefficient (Wildman–Crippen LogP) is 2.35. The zero-order valence-corrected chi connectivity index (χ0v) is 14.4. The average Bonchev–Trinajstić information content (AvgIpc) is 2.51. The van der Waals surface area contributed by atoms with E-state index < -0.39 is 10.0 Å². The smallest absolute Gasteiger partial charge is 0.240 e. The minimum atomic E-state index is -3.52. The zero-order chi connectivity index (χ0) is 16.6. The highest BCUT2D eigenvalue weighted by molar-refractivity contribution is 7.89. The summed E-state index contributed by atoms with van der Waals surface area (Å²) >= 11 is 0. The van der Waals surface area contributed by atoms with Crippen LogP contribution in [-0.4, -0.2) is 39.0 Å². The van der Waals surface area contributed by atoms with Gasteiger partial charge in [0, 0.05) is 6.04 Å². The number of benzene rings is 1. The molecule has 5 nitrogen and oxygen atoms in total. The monoisotopic (exact) mass is 323 g/mol. The molecule has 0 heterocycles. The van der Waals surface area contributed by atoms with Gasteiger partial charge >= 0.3 is 0 Å². The summed E-state index contributed by atoms with van der Waals surface area (Å²) in [5.74, 6) is 0. The molecule has 1 unspecified atom stereocenters. The van der Waals surface area contributed by atoms with E-state index in [-0.39, 0.29) is 10.9 Å². The SMILES string of the molecule is CCN(CC)CCCC(C)NS(=O)(=O)c1ccc(C#N)cc1. The Bertz CT molecular complexity index is 587. The van der Waals surface area contributed by atoms with Gasteiger partial charge in [-0.05, 0) is 63.7 Å². The van der Waals surface area contributed by atoms with Crippen molar-refractivity contribution in [3.05, 3.63) is 29.8 Å². The molecule has 1 atom stereocenters. The van der Waals surface area contributed by atoms with Crippen LogP contribution in [0.5, 0.6) is 0 Å². The van der Waals surface area contributed by atoms with Crippen LogP contribution >= 0.6 is 0 Å². The summed E-state index contributed by atoms with van der Waals surface area (Å²) in [6.45, 7) is 9.14. The van der Waals surface area contributed by atoms with Crippen LogP contribution in [0.25, 0.3) is 0 Å². The molecule has 1 aromatic rings. The van der Waals surface area contributed by atoms with Crippen LogP contribution in [0.2, 0.25) is 0 Å². The largest absolute Gasteiger partial charge is 0.304 e. The van der Waals surface area contributed by atoms with Gasteiger partial charge in [0.2, 0.25) is 10.0 Å². The van der Waals surface area contributed by atoms with Crippen molar-refractivity contribution in [1.82, 2.24) is 9.62 Å². The van der Waals surface area contributed by atoms with Crippen molar-refractivity contribution in [3.63, 3.8) is 0 Å². The Hall–Kier alpha value is -1.42. The number of nitrogens with zero attached hydrogens (tertiary/aromatic N) is 2. The first-order valence-electron chi connectivity index (χ1n) is 7.67. The molecule has 0 bridgehead atoms. The fourth-order valence-corrected chi connectivity index (χ4v) is 3.54. The Balaban J connectivity index is 2.54. The maximum absolute atomic E-state index is 12.2. The van der Waals surface area contributed by atoms with Crippen molar-refractivity contribution >= 4 is 10.0 Å². The lowest BCUT2D eigenvalue weighted by Crippen LogP contribution is -2.33. The molecule has 1 aromatic carbocycles. The molecule has 22 heavy (non-hydrogen) atoms. The summed E-state index contributed by atoms with van der Waals surface area (Å²) in [7, 11) is -3.52. The molecular formula is C16H25N3O2S. The van der Waals surface area contributed by atoms with Crippen LogP contribution in [0.4, 0.5) is 0 Å². The molecule has 0 amide bonds. The van der Waals surface area contributed by atoms with E-state index in [0.717, 1.165) is 32.5 Å². The van der Waals surface area contributed by atoms with Crippen LogP contribution in [0.1, 0.15) is 39.2 Å². The molecule has 0 aliphatic heterocycles. The molecule has 0 spiro atoms. The van der Waals surface area contributed by atoms with Crippen LogP contribution in [0, 0.1) is 11.3 Å². The first-order chi connectivity index (χ1) is 10.4. The molecule has 1 N–H and O–H groups in total. The molecule has 0 saturated carbocycles. The van der Waals surface area contributed by atoms with Gasteiger partial charge < -0.3 is 4.90 Å². The predicted molar refractivity (Wildman–Crippen MR) is 88.0 cm³/mol. The Kier molecular flexibility index (Phi) is 7.52. The topological polar surface area (TPSA) is 73.2 Å². The normalized spacial score (nSPS) is 13.0. The van der Waals surface area contributed by atoms with Gasteiger partial charge in [-0.1, -0.05) is 13.8 Å². The standard InChI is InChI=1S/C16H25N3O2S/c1-4-19(5-2)12-6-7-14(3)18-22(20,21)16-10-8-15(13-17)9-11-16/h8-11,14,18H,4-7,12H2,1-3H3. The summed E-state index contributed by atoms with van der Waals surface area (Å²) in [6, 6.07) is 7.81. The van der Waals surface area contributed by atoms with Crippen molar-refractivity contribution in [2.75, 3.05) is 19.6 Å². The Morgan fingerprint density at radius 2 is 1.82 bits per heavy atom. The summed E-state index contributed by atoms with van der Waals surface area (Å²) in [5, 5.41) is 8.74. The Morgan fingerprint density at radius 1 is 1.23 bits per heavy atom. The fourth-order valence-electron chi connectivity index (χ4n) is 2.26. The molecule has 0 aliphatic rings. The molecule has 0 fully saturated rings.